The van der Waals surface area contributed by atoms with Gasteiger partial charge in [0.2, 0.25) is 5.95 Å². The molecule has 0 bridgehead atoms. The van der Waals surface area contributed by atoms with Crippen LogP contribution in [-0.2, 0) is 0 Å². The van der Waals surface area contributed by atoms with Crippen LogP contribution >= 0.6 is 54.5 Å². The SMILES string of the molecule is COc1ccc(I)nc1Br.COc1ccc(Nc2nccc(=O)[nH]2)nc1Br.Nc1nccc(=O)[nH]1. The molecule has 0 aliphatic carbocycles. The van der Waals surface area contributed by atoms with Gasteiger partial charge in [-0.15, -0.1) is 0 Å². The fraction of sp³-hybridized carbons (Fsp3) is 0.100. The normalized spacial score (nSPS) is 9.63. The molecule has 0 aromatic carbocycles. The van der Waals surface area contributed by atoms with Crippen LogP contribution in [0, 0.1) is 3.70 Å². The Morgan fingerprint density at radius 1 is 0.857 bits per heavy atom. The van der Waals surface area contributed by atoms with Gasteiger partial charge in [-0.25, -0.2) is 19.9 Å². The number of aromatic nitrogens is 6. The van der Waals surface area contributed by atoms with Crippen LogP contribution in [0.1, 0.15) is 0 Å². The first-order valence-electron chi connectivity index (χ1n) is 9.41. The van der Waals surface area contributed by atoms with E-state index >= 15 is 0 Å². The van der Waals surface area contributed by atoms with Gasteiger partial charge in [0.15, 0.2) is 17.4 Å². The van der Waals surface area contributed by atoms with Crippen LogP contribution in [0.3, 0.4) is 0 Å². The summed E-state index contributed by atoms with van der Waals surface area (Å²) < 4.78 is 12.3. The van der Waals surface area contributed by atoms with Gasteiger partial charge in [0.25, 0.3) is 11.1 Å². The van der Waals surface area contributed by atoms with Gasteiger partial charge in [0, 0.05) is 24.5 Å². The van der Waals surface area contributed by atoms with Crippen LogP contribution in [0.15, 0.2) is 67.6 Å². The van der Waals surface area contributed by atoms with Crippen molar-refractivity contribution in [2.75, 3.05) is 25.3 Å². The molecule has 0 unspecified atom stereocenters. The summed E-state index contributed by atoms with van der Waals surface area (Å²) in [5.74, 6) is 2.43. The van der Waals surface area contributed by atoms with E-state index in [9.17, 15) is 9.59 Å². The Labute approximate surface area is 229 Å². The summed E-state index contributed by atoms with van der Waals surface area (Å²) in [6, 6.07) is 9.87. The number of hydrogen-bond donors (Lipinski definition) is 4. The van der Waals surface area contributed by atoms with E-state index in [2.05, 4.69) is 89.7 Å². The summed E-state index contributed by atoms with van der Waals surface area (Å²) >= 11 is 8.67. The van der Waals surface area contributed by atoms with Crippen molar-refractivity contribution in [3.05, 3.63) is 82.4 Å². The van der Waals surface area contributed by atoms with E-state index in [1.807, 2.05) is 12.1 Å². The second-order valence-corrected chi connectivity index (χ2v) is 8.65. The third-order valence-electron chi connectivity index (χ3n) is 3.64. The first kappa shape index (κ1) is 28.2. The van der Waals surface area contributed by atoms with Crippen LogP contribution in [0.25, 0.3) is 0 Å². The van der Waals surface area contributed by atoms with Crippen molar-refractivity contribution in [2.45, 2.75) is 0 Å². The average molecular weight is 722 g/mol. The van der Waals surface area contributed by atoms with Crippen molar-refractivity contribution in [1.82, 2.24) is 29.9 Å². The van der Waals surface area contributed by atoms with E-state index in [0.29, 0.717) is 22.1 Å². The number of aromatic amines is 2. The number of rotatable bonds is 4. The molecule has 0 radical (unpaired) electrons. The second kappa shape index (κ2) is 14.4. The Hall–Kier alpha value is -3.05. The van der Waals surface area contributed by atoms with Gasteiger partial charge in [0.1, 0.15) is 18.7 Å². The maximum absolute atomic E-state index is 11.1. The van der Waals surface area contributed by atoms with Crippen LogP contribution in [0.2, 0.25) is 0 Å². The molecule has 4 rings (SSSR count). The number of H-pyrrole nitrogens is 2. The number of hydrogen-bond acceptors (Lipinski definition) is 10. The summed E-state index contributed by atoms with van der Waals surface area (Å²) in [4.78, 5) is 42.0. The number of pyridine rings is 2. The van der Waals surface area contributed by atoms with E-state index in [1.54, 1.807) is 26.4 Å². The van der Waals surface area contributed by atoms with Crippen LogP contribution in [0.4, 0.5) is 17.7 Å². The Bertz CT molecular complexity index is 1370. The van der Waals surface area contributed by atoms with E-state index in [1.165, 1.54) is 24.5 Å². The summed E-state index contributed by atoms with van der Waals surface area (Å²) in [5.41, 5.74) is 4.64. The molecular weight excluding hydrogens is 703 g/mol. The van der Waals surface area contributed by atoms with Gasteiger partial charge in [-0.1, -0.05) is 0 Å². The highest BCUT2D eigenvalue weighted by Crippen LogP contribution is 2.24. The molecule has 4 heterocycles. The van der Waals surface area contributed by atoms with Crippen molar-refractivity contribution in [3.63, 3.8) is 0 Å². The predicted molar refractivity (Wildman–Crippen MR) is 147 cm³/mol. The van der Waals surface area contributed by atoms with Crippen LogP contribution in [0.5, 0.6) is 11.5 Å². The molecule has 0 amide bonds. The smallest absolute Gasteiger partial charge is 0.252 e. The van der Waals surface area contributed by atoms with E-state index in [0.717, 1.165) is 14.1 Å². The van der Waals surface area contributed by atoms with Gasteiger partial charge in [-0.3, -0.25) is 19.6 Å². The topological polar surface area (TPSA) is 174 Å². The Morgan fingerprint density at radius 2 is 1.43 bits per heavy atom. The summed E-state index contributed by atoms with van der Waals surface area (Å²) in [7, 11) is 3.18. The standard InChI is InChI=1S/C10H9BrN4O2.C6H5BrINO.C4H5N3O/c1-17-6-2-3-7(13-9(6)11)14-10-12-5-4-8(16)15-10;1-10-4-2-3-5(8)9-6(4)7;5-4-6-2-1-3(8)7-4/h2-5H,1H3,(H2,12,13,14,15,16);2-3H,1H3;1-2H,(H3,5,6,7,8). The first-order valence-corrected chi connectivity index (χ1v) is 12.1. The molecule has 184 valence electrons. The lowest BCUT2D eigenvalue weighted by molar-refractivity contribution is 0.409. The lowest BCUT2D eigenvalue weighted by Gasteiger charge is -2.06. The molecule has 0 aliphatic rings. The van der Waals surface area contributed by atoms with E-state index in [4.69, 9.17) is 15.2 Å². The van der Waals surface area contributed by atoms with Crippen molar-refractivity contribution < 1.29 is 9.47 Å². The Kier molecular flexibility index (Phi) is 11.6. The van der Waals surface area contributed by atoms with Gasteiger partial charge in [-0.2, -0.15) is 0 Å². The minimum absolute atomic E-state index is 0.150. The lowest BCUT2D eigenvalue weighted by atomic mass is 10.4. The van der Waals surface area contributed by atoms with Gasteiger partial charge < -0.3 is 20.5 Å². The number of methoxy groups -OCH3 is 2. The summed E-state index contributed by atoms with van der Waals surface area (Å²) in [5, 5.41) is 2.87. The molecule has 0 fully saturated rings. The molecular formula is C20H19Br2IN8O4. The zero-order chi connectivity index (χ0) is 25.8. The van der Waals surface area contributed by atoms with Crippen LogP contribution < -0.4 is 31.6 Å². The fourth-order valence-electron chi connectivity index (χ4n) is 2.14. The second-order valence-electron chi connectivity index (χ2n) is 6.04. The predicted octanol–water partition coefficient (Wildman–Crippen LogP) is 3.49. The highest BCUT2D eigenvalue weighted by Gasteiger charge is 2.04. The quantitative estimate of drug-likeness (QED) is 0.181. The highest BCUT2D eigenvalue weighted by molar-refractivity contribution is 14.1. The minimum atomic E-state index is -0.227. The molecule has 4 aromatic rings. The van der Waals surface area contributed by atoms with Crippen molar-refractivity contribution >= 4 is 72.2 Å². The zero-order valence-corrected chi connectivity index (χ0v) is 23.6. The number of halogens is 3. The van der Waals surface area contributed by atoms with E-state index in [-0.39, 0.29) is 17.1 Å². The van der Waals surface area contributed by atoms with Crippen LogP contribution in [-0.4, -0.2) is 44.1 Å². The maximum Gasteiger partial charge on any atom is 0.252 e. The molecule has 0 atom stereocenters. The van der Waals surface area contributed by atoms with Crippen molar-refractivity contribution in [1.29, 1.82) is 0 Å². The van der Waals surface area contributed by atoms with Crippen molar-refractivity contribution in [3.8, 4) is 11.5 Å². The molecule has 12 nitrogen and oxygen atoms in total. The Morgan fingerprint density at radius 3 is 1.91 bits per heavy atom. The number of nitrogens with zero attached hydrogens (tertiary/aromatic N) is 4. The maximum atomic E-state index is 11.1. The molecule has 0 saturated carbocycles. The minimum Gasteiger partial charge on any atom is -0.494 e. The first-order chi connectivity index (χ1) is 16.7. The monoisotopic (exact) mass is 720 g/mol. The number of ether oxygens (including phenoxy) is 2. The molecule has 35 heavy (non-hydrogen) atoms. The fourth-order valence-corrected chi connectivity index (χ4v) is 3.86. The van der Waals surface area contributed by atoms with Gasteiger partial charge in [-0.05, 0) is 78.7 Å². The molecule has 15 heteroatoms. The summed E-state index contributed by atoms with van der Waals surface area (Å²) in [6.07, 6.45) is 2.77. The lowest BCUT2D eigenvalue weighted by Crippen LogP contribution is -2.08. The Balaban J connectivity index is 0.000000204. The number of nitrogens with one attached hydrogen (secondary N) is 3. The number of nitrogen functional groups attached to an aromatic ring is 1. The summed E-state index contributed by atoms with van der Waals surface area (Å²) in [6.45, 7) is 0. The molecule has 4 aromatic heterocycles. The molecule has 5 N–H and O–H groups in total. The largest absolute Gasteiger partial charge is 0.494 e. The van der Waals surface area contributed by atoms with Gasteiger partial charge >= 0.3 is 0 Å². The highest BCUT2D eigenvalue weighted by atomic mass is 127. The molecule has 0 aliphatic heterocycles. The zero-order valence-electron chi connectivity index (χ0n) is 18.3. The van der Waals surface area contributed by atoms with Crippen molar-refractivity contribution in [2.24, 2.45) is 0 Å². The number of anilines is 3. The molecule has 0 spiro atoms. The average Bonchev–Trinajstić information content (AvgIpc) is 2.80. The van der Waals surface area contributed by atoms with Gasteiger partial charge in [0.05, 0.1) is 14.2 Å². The third kappa shape index (κ3) is 9.99. The molecule has 0 saturated heterocycles. The number of nitrogens with two attached hydrogens (primary N) is 1. The van der Waals surface area contributed by atoms with E-state index < -0.39 is 0 Å². The third-order valence-corrected chi connectivity index (χ3v) is 5.38.